The maximum Gasteiger partial charge on any atom is 0.338 e. The van der Waals surface area contributed by atoms with Crippen molar-refractivity contribution in [3.63, 3.8) is 0 Å². The summed E-state index contributed by atoms with van der Waals surface area (Å²) in [7, 11) is 1.77. The molecule has 2 aromatic carbocycles. The quantitative estimate of drug-likeness (QED) is 0.338. The van der Waals surface area contributed by atoms with E-state index in [-0.39, 0.29) is 17.6 Å². The van der Waals surface area contributed by atoms with Crippen LogP contribution >= 0.6 is 23.4 Å². The van der Waals surface area contributed by atoms with E-state index in [1.165, 1.54) is 11.8 Å². The Labute approximate surface area is 206 Å². The maximum atomic E-state index is 12.5. The number of aromatic nitrogens is 3. The molecule has 0 unspecified atom stereocenters. The minimum atomic E-state index is -0.428. The van der Waals surface area contributed by atoms with Crippen LogP contribution in [0.15, 0.2) is 53.7 Å². The number of nitrogens with one attached hydrogen (secondary N) is 2. The number of nitrogens with zero attached hydrogens (tertiary/aromatic N) is 3. The summed E-state index contributed by atoms with van der Waals surface area (Å²) in [4.78, 5) is 36.6. The number of rotatable bonds is 9. The molecule has 178 valence electrons. The van der Waals surface area contributed by atoms with Gasteiger partial charge in [0.2, 0.25) is 5.91 Å². The van der Waals surface area contributed by atoms with E-state index in [4.69, 9.17) is 16.3 Å². The van der Waals surface area contributed by atoms with Gasteiger partial charge >= 0.3 is 5.97 Å². The van der Waals surface area contributed by atoms with Gasteiger partial charge < -0.3 is 19.9 Å². The Bertz CT molecular complexity index is 1180. The van der Waals surface area contributed by atoms with Crippen LogP contribution in [0.5, 0.6) is 0 Å². The Balaban J connectivity index is 1.54. The lowest BCUT2D eigenvalue weighted by Gasteiger charge is -2.14. The monoisotopic (exact) mass is 501 g/mol. The molecule has 0 spiro atoms. The summed E-state index contributed by atoms with van der Waals surface area (Å²) < 4.78 is 6.67. The number of hydrogen-bond acceptors (Lipinski definition) is 7. The van der Waals surface area contributed by atoms with Gasteiger partial charge in [0.15, 0.2) is 11.0 Å². The van der Waals surface area contributed by atoms with Gasteiger partial charge in [-0.05, 0) is 50.2 Å². The molecule has 2 N–H and O–H groups in total. The summed E-state index contributed by atoms with van der Waals surface area (Å²) in [6.07, 6.45) is 0. The number of amides is 2. The van der Waals surface area contributed by atoms with Gasteiger partial charge in [0, 0.05) is 12.7 Å². The molecule has 0 radical (unpaired) electrons. The van der Waals surface area contributed by atoms with E-state index in [0.29, 0.717) is 39.4 Å². The Morgan fingerprint density at radius 3 is 2.50 bits per heavy atom. The van der Waals surface area contributed by atoms with Crippen molar-refractivity contribution < 1.29 is 19.1 Å². The average molecular weight is 502 g/mol. The first-order valence-electron chi connectivity index (χ1n) is 10.4. The minimum absolute atomic E-state index is 0.103. The van der Waals surface area contributed by atoms with Gasteiger partial charge in [-0.3, -0.25) is 9.59 Å². The summed E-state index contributed by atoms with van der Waals surface area (Å²) in [5.41, 5.74) is 1.35. The van der Waals surface area contributed by atoms with Crippen molar-refractivity contribution in [3.8, 4) is 0 Å². The molecule has 1 atom stereocenters. The van der Waals surface area contributed by atoms with E-state index in [1.54, 1.807) is 74.0 Å². The third-order valence-corrected chi connectivity index (χ3v) is 6.08. The molecule has 0 aliphatic heterocycles. The van der Waals surface area contributed by atoms with Crippen molar-refractivity contribution in [2.75, 3.05) is 17.7 Å². The number of esters is 1. The van der Waals surface area contributed by atoms with Crippen LogP contribution < -0.4 is 10.6 Å². The van der Waals surface area contributed by atoms with Crippen LogP contribution in [0.2, 0.25) is 5.02 Å². The lowest BCUT2D eigenvalue weighted by Crippen LogP contribution is -2.28. The molecule has 2 amide bonds. The van der Waals surface area contributed by atoms with E-state index in [2.05, 4.69) is 20.8 Å². The second-order valence-electron chi connectivity index (χ2n) is 7.21. The van der Waals surface area contributed by atoms with E-state index >= 15 is 0 Å². The molecule has 1 aromatic heterocycles. The number of anilines is 1. The summed E-state index contributed by atoms with van der Waals surface area (Å²) in [5.74, 6) is -0.322. The number of hydrogen-bond donors (Lipinski definition) is 2. The zero-order valence-electron chi connectivity index (χ0n) is 18.9. The van der Waals surface area contributed by atoms with Gasteiger partial charge in [0.25, 0.3) is 5.91 Å². The summed E-state index contributed by atoms with van der Waals surface area (Å²) in [6, 6.07) is 12.8. The number of thioether (sulfide) groups is 1. The van der Waals surface area contributed by atoms with Crippen molar-refractivity contribution in [3.05, 3.63) is 70.5 Å². The molecule has 3 aromatic rings. The van der Waals surface area contributed by atoms with Gasteiger partial charge in [-0.1, -0.05) is 35.5 Å². The maximum absolute atomic E-state index is 12.5. The summed E-state index contributed by atoms with van der Waals surface area (Å²) in [5, 5.41) is 14.8. The first-order chi connectivity index (χ1) is 16.3. The molecular formula is C23H24ClN5O4S. The number of carbonyl (C=O) groups is 3. The standard InChI is InChI=1S/C23H24ClN5O4S/c1-4-33-22(32)15-9-11-16(12-10-15)26-19(30)13-34-23-28-27-20(29(23)3)14(2)25-21(31)17-7-5-6-8-18(17)24/h5-12,14H,4,13H2,1-3H3,(H,25,31)(H,26,30)/t14-/m0/s1. The summed E-state index contributed by atoms with van der Waals surface area (Å²) >= 11 is 7.31. The van der Waals surface area contributed by atoms with E-state index in [9.17, 15) is 14.4 Å². The summed E-state index contributed by atoms with van der Waals surface area (Å²) in [6.45, 7) is 3.83. The minimum Gasteiger partial charge on any atom is -0.462 e. The molecule has 0 fully saturated rings. The fourth-order valence-corrected chi connectivity index (χ4v) is 3.98. The SMILES string of the molecule is CCOC(=O)c1ccc(NC(=O)CSc2nnc([C@H](C)NC(=O)c3ccccc3Cl)n2C)cc1. The van der Waals surface area contributed by atoms with Gasteiger partial charge in [-0.2, -0.15) is 0 Å². The van der Waals surface area contributed by atoms with Gasteiger partial charge in [-0.15, -0.1) is 10.2 Å². The number of benzene rings is 2. The van der Waals surface area contributed by atoms with Crippen LogP contribution in [-0.2, 0) is 16.6 Å². The van der Waals surface area contributed by atoms with Crippen LogP contribution in [0.3, 0.4) is 0 Å². The highest BCUT2D eigenvalue weighted by Gasteiger charge is 2.20. The van der Waals surface area contributed by atoms with Crippen molar-refractivity contribution in [2.45, 2.75) is 25.0 Å². The first-order valence-corrected chi connectivity index (χ1v) is 11.8. The zero-order chi connectivity index (χ0) is 24.7. The molecule has 34 heavy (non-hydrogen) atoms. The first kappa shape index (κ1) is 25.3. The van der Waals surface area contributed by atoms with Crippen molar-refractivity contribution in [1.82, 2.24) is 20.1 Å². The van der Waals surface area contributed by atoms with Gasteiger partial charge in [-0.25, -0.2) is 4.79 Å². The third kappa shape index (κ3) is 6.36. The Morgan fingerprint density at radius 2 is 1.82 bits per heavy atom. The fraction of sp³-hybridized carbons (Fsp3) is 0.261. The molecular weight excluding hydrogens is 478 g/mol. The largest absolute Gasteiger partial charge is 0.462 e. The molecule has 11 heteroatoms. The molecule has 0 bridgehead atoms. The number of halogens is 1. The average Bonchev–Trinajstić information content (AvgIpc) is 3.19. The van der Waals surface area contributed by atoms with Crippen molar-refractivity contribution in [1.29, 1.82) is 0 Å². The smallest absolute Gasteiger partial charge is 0.338 e. The highest BCUT2D eigenvalue weighted by Crippen LogP contribution is 2.21. The normalized spacial score (nSPS) is 11.5. The van der Waals surface area contributed by atoms with Crippen LogP contribution in [0, 0.1) is 0 Å². The van der Waals surface area contributed by atoms with Gasteiger partial charge in [0.1, 0.15) is 0 Å². The van der Waals surface area contributed by atoms with Crippen LogP contribution in [-0.4, -0.2) is 44.9 Å². The van der Waals surface area contributed by atoms with Crippen LogP contribution in [0.4, 0.5) is 5.69 Å². The molecule has 0 saturated heterocycles. The molecule has 9 nitrogen and oxygen atoms in total. The highest BCUT2D eigenvalue weighted by atomic mass is 35.5. The molecule has 1 heterocycles. The van der Waals surface area contributed by atoms with Crippen LogP contribution in [0.1, 0.15) is 46.4 Å². The van der Waals surface area contributed by atoms with Crippen molar-refractivity contribution >= 4 is 46.8 Å². The predicted molar refractivity (Wildman–Crippen MR) is 130 cm³/mol. The van der Waals surface area contributed by atoms with Crippen LogP contribution in [0.25, 0.3) is 0 Å². The number of carbonyl (C=O) groups excluding carboxylic acids is 3. The second kappa shape index (κ2) is 11.7. The van der Waals surface area contributed by atoms with Gasteiger partial charge in [0.05, 0.1) is 34.6 Å². The topological polar surface area (TPSA) is 115 Å². The van der Waals surface area contributed by atoms with E-state index in [1.807, 2.05) is 0 Å². The molecule has 3 rings (SSSR count). The Hall–Kier alpha value is -3.37. The molecule has 0 aliphatic carbocycles. The zero-order valence-corrected chi connectivity index (χ0v) is 20.4. The second-order valence-corrected chi connectivity index (χ2v) is 8.56. The predicted octanol–water partition coefficient (Wildman–Crippen LogP) is 3.87. The van der Waals surface area contributed by atoms with E-state index in [0.717, 1.165) is 0 Å². The Kier molecular flexibility index (Phi) is 8.67. The molecule has 0 aliphatic rings. The van der Waals surface area contributed by atoms with Crippen molar-refractivity contribution in [2.24, 2.45) is 7.05 Å². The van der Waals surface area contributed by atoms with E-state index < -0.39 is 12.0 Å². The fourth-order valence-electron chi connectivity index (χ4n) is 3.04. The highest BCUT2D eigenvalue weighted by molar-refractivity contribution is 7.99. The Morgan fingerprint density at radius 1 is 1.12 bits per heavy atom. The lowest BCUT2D eigenvalue weighted by atomic mass is 10.2. The number of ether oxygens (including phenoxy) is 1. The lowest BCUT2D eigenvalue weighted by molar-refractivity contribution is -0.113. The third-order valence-electron chi connectivity index (χ3n) is 4.73. The molecule has 0 saturated carbocycles.